The van der Waals surface area contributed by atoms with Gasteiger partial charge in [-0.2, -0.15) is 0 Å². The molecule has 0 atom stereocenters. The highest BCUT2D eigenvalue weighted by molar-refractivity contribution is 6.55. The molecule has 0 spiro atoms. The molecule has 7 heteroatoms. The van der Waals surface area contributed by atoms with Crippen molar-refractivity contribution in [3.8, 4) is 0 Å². The van der Waals surface area contributed by atoms with Gasteiger partial charge < -0.3 is 14.4 Å². The van der Waals surface area contributed by atoms with Crippen molar-refractivity contribution in [2.75, 3.05) is 0 Å². The Morgan fingerprint density at radius 3 is 1.93 bits per heavy atom. The quantitative estimate of drug-likeness (QED) is 0.761. The Hall–Kier alpha value is -2.51. The Balaban J connectivity index is 2.22. The van der Waals surface area contributed by atoms with E-state index in [9.17, 15) is 14.3 Å². The van der Waals surface area contributed by atoms with Crippen LogP contribution in [0.25, 0.3) is 5.57 Å². The molecule has 1 aliphatic heterocycles. The van der Waals surface area contributed by atoms with Gasteiger partial charge in [0.15, 0.2) is 0 Å². The molecule has 1 saturated heterocycles. The van der Waals surface area contributed by atoms with Gasteiger partial charge in [-0.15, -0.1) is 0 Å². The van der Waals surface area contributed by atoms with Crippen molar-refractivity contribution in [2.45, 2.75) is 38.9 Å². The van der Waals surface area contributed by atoms with E-state index in [0.29, 0.717) is 5.56 Å². The van der Waals surface area contributed by atoms with Gasteiger partial charge in [0, 0.05) is 5.57 Å². The van der Waals surface area contributed by atoms with Crippen molar-refractivity contribution in [1.82, 2.24) is 0 Å². The van der Waals surface area contributed by atoms with Gasteiger partial charge in [-0.1, -0.05) is 30.3 Å². The first-order valence-corrected chi connectivity index (χ1v) is 8.87. The Bertz CT molecular complexity index is 920. The van der Waals surface area contributed by atoms with E-state index in [-0.39, 0.29) is 16.7 Å². The number of hydrogen-bond donors (Lipinski definition) is 1. The lowest BCUT2D eigenvalue weighted by atomic mass is 9.79. The largest absolute Gasteiger partial charge is 0.525 e. The number of aromatic carboxylic acids is 1. The number of carboxylic acid groups (broad SMARTS) is 1. The fraction of sp³-hybridized carbons (Fsp3) is 0.286. The Morgan fingerprint density at radius 1 is 0.929 bits per heavy atom. The first-order valence-electron chi connectivity index (χ1n) is 8.87. The number of carbonyl (C=O) groups is 1. The van der Waals surface area contributed by atoms with Crippen LogP contribution in [0, 0.1) is 5.82 Å². The van der Waals surface area contributed by atoms with Crippen LogP contribution in [0.1, 0.15) is 49.2 Å². The summed E-state index contributed by atoms with van der Waals surface area (Å²) in [5.74, 6) is -1.68. The standard InChI is InChI=1S/C21H21BF2O4/c1-20(2)21(3,4)28-22(27-20)18(24)17(13-9-11-14(23)12-10-13)15-7-5-6-8-16(15)19(25)26/h5-12H,1-4H3,(H,25,26). The van der Waals surface area contributed by atoms with Gasteiger partial charge in [-0.05, 0) is 57.0 Å². The van der Waals surface area contributed by atoms with E-state index in [1.807, 2.05) is 0 Å². The van der Waals surface area contributed by atoms with Crippen LogP contribution >= 0.6 is 0 Å². The van der Waals surface area contributed by atoms with Crippen LogP contribution in [0.4, 0.5) is 8.78 Å². The second-order valence-electron chi connectivity index (χ2n) is 7.67. The van der Waals surface area contributed by atoms with E-state index in [0.717, 1.165) is 0 Å². The lowest BCUT2D eigenvalue weighted by Crippen LogP contribution is -2.41. The minimum atomic E-state index is -1.31. The number of rotatable bonds is 4. The highest BCUT2D eigenvalue weighted by atomic mass is 19.1. The molecule has 0 aliphatic carbocycles. The number of carboxylic acids is 1. The fourth-order valence-corrected chi connectivity index (χ4v) is 2.99. The average molecular weight is 386 g/mol. The third-order valence-electron chi connectivity index (χ3n) is 5.26. The lowest BCUT2D eigenvalue weighted by molar-refractivity contribution is 0.00578. The van der Waals surface area contributed by atoms with Gasteiger partial charge in [0.05, 0.1) is 16.8 Å². The van der Waals surface area contributed by atoms with Crippen molar-refractivity contribution in [3.63, 3.8) is 0 Å². The van der Waals surface area contributed by atoms with Crippen molar-refractivity contribution in [2.24, 2.45) is 0 Å². The van der Waals surface area contributed by atoms with E-state index in [4.69, 9.17) is 9.31 Å². The minimum Gasteiger partial charge on any atom is -0.478 e. The third-order valence-corrected chi connectivity index (χ3v) is 5.26. The molecule has 1 heterocycles. The summed E-state index contributed by atoms with van der Waals surface area (Å²) in [7, 11) is -1.31. The maximum absolute atomic E-state index is 15.7. The van der Waals surface area contributed by atoms with Crippen LogP contribution in [-0.4, -0.2) is 29.4 Å². The van der Waals surface area contributed by atoms with Gasteiger partial charge in [-0.25, -0.2) is 13.6 Å². The van der Waals surface area contributed by atoms with E-state index >= 15 is 4.39 Å². The second-order valence-corrected chi connectivity index (χ2v) is 7.67. The zero-order valence-corrected chi connectivity index (χ0v) is 16.1. The Kier molecular flexibility index (Phi) is 5.17. The van der Waals surface area contributed by atoms with Gasteiger partial charge in [-0.3, -0.25) is 0 Å². The smallest absolute Gasteiger partial charge is 0.478 e. The molecule has 3 rings (SSSR count). The molecular weight excluding hydrogens is 365 g/mol. The van der Waals surface area contributed by atoms with E-state index < -0.39 is 35.8 Å². The highest BCUT2D eigenvalue weighted by Crippen LogP contribution is 2.41. The van der Waals surface area contributed by atoms with E-state index in [2.05, 4.69) is 0 Å². The summed E-state index contributed by atoms with van der Waals surface area (Å²) < 4.78 is 40.7. The molecule has 0 bridgehead atoms. The molecule has 2 aromatic rings. The summed E-state index contributed by atoms with van der Waals surface area (Å²) in [5.41, 5.74) is -1.90. The maximum atomic E-state index is 15.7. The number of halogens is 2. The predicted octanol–water partition coefficient (Wildman–Crippen LogP) is 4.88. The Morgan fingerprint density at radius 2 is 1.43 bits per heavy atom. The normalized spacial score (nSPS) is 18.7. The number of benzene rings is 2. The zero-order chi connectivity index (χ0) is 20.7. The highest BCUT2D eigenvalue weighted by Gasteiger charge is 2.53. The van der Waals surface area contributed by atoms with Crippen molar-refractivity contribution < 1.29 is 28.0 Å². The topological polar surface area (TPSA) is 55.8 Å². The maximum Gasteiger partial charge on any atom is 0.525 e. The van der Waals surface area contributed by atoms with Gasteiger partial charge in [0.2, 0.25) is 0 Å². The molecule has 0 aromatic heterocycles. The summed E-state index contributed by atoms with van der Waals surface area (Å²) in [5, 5.41) is 9.55. The monoisotopic (exact) mass is 386 g/mol. The molecule has 0 saturated carbocycles. The van der Waals surface area contributed by atoms with E-state index in [1.165, 1.54) is 36.4 Å². The van der Waals surface area contributed by atoms with E-state index in [1.54, 1.807) is 39.8 Å². The van der Waals surface area contributed by atoms with Crippen molar-refractivity contribution in [1.29, 1.82) is 0 Å². The first-order chi connectivity index (χ1) is 13.0. The van der Waals surface area contributed by atoms with Gasteiger partial charge in [0.1, 0.15) is 11.5 Å². The summed E-state index contributed by atoms with van der Waals surface area (Å²) in [6.45, 7) is 7.18. The molecule has 28 heavy (non-hydrogen) atoms. The second kappa shape index (κ2) is 7.15. The summed E-state index contributed by atoms with van der Waals surface area (Å²) >= 11 is 0. The van der Waals surface area contributed by atoms with Crippen LogP contribution in [0.5, 0.6) is 0 Å². The molecule has 1 aliphatic rings. The van der Waals surface area contributed by atoms with Crippen molar-refractivity contribution in [3.05, 3.63) is 76.8 Å². The molecule has 1 fully saturated rings. The molecule has 0 amide bonds. The van der Waals surface area contributed by atoms with Crippen LogP contribution in [-0.2, 0) is 9.31 Å². The average Bonchev–Trinajstić information content (AvgIpc) is 2.85. The first kappa shape index (κ1) is 20.2. The van der Waals surface area contributed by atoms with Crippen LogP contribution in [0.2, 0.25) is 0 Å². The van der Waals surface area contributed by atoms with Gasteiger partial charge >= 0.3 is 13.1 Å². The molecule has 146 valence electrons. The zero-order valence-electron chi connectivity index (χ0n) is 16.1. The molecule has 2 aromatic carbocycles. The predicted molar refractivity (Wildman–Crippen MR) is 103 cm³/mol. The molecule has 0 unspecified atom stereocenters. The van der Waals surface area contributed by atoms with Crippen molar-refractivity contribution >= 4 is 18.7 Å². The third kappa shape index (κ3) is 3.60. The Labute approximate surface area is 162 Å². The number of hydrogen-bond acceptors (Lipinski definition) is 3. The van der Waals surface area contributed by atoms with Gasteiger partial charge in [0.25, 0.3) is 0 Å². The molecular formula is C21H21BF2O4. The summed E-state index contributed by atoms with van der Waals surface area (Å²) in [6, 6.07) is 11.2. The summed E-state index contributed by atoms with van der Waals surface area (Å²) in [6.07, 6.45) is 0. The molecule has 0 radical (unpaired) electrons. The van der Waals surface area contributed by atoms with Crippen LogP contribution < -0.4 is 0 Å². The molecule has 1 N–H and O–H groups in total. The van der Waals surface area contributed by atoms with Crippen LogP contribution in [0.15, 0.2) is 54.3 Å². The molecule has 4 nitrogen and oxygen atoms in total. The lowest BCUT2D eigenvalue weighted by Gasteiger charge is -2.32. The summed E-state index contributed by atoms with van der Waals surface area (Å²) in [4.78, 5) is 11.7. The van der Waals surface area contributed by atoms with Crippen LogP contribution in [0.3, 0.4) is 0 Å². The SMILES string of the molecule is CC1(C)OB(C(F)=C(c2ccc(F)cc2)c2ccccc2C(=O)O)OC1(C)C. The fourth-order valence-electron chi connectivity index (χ4n) is 2.99. The minimum absolute atomic E-state index is 0.00324.